The molecule has 0 saturated heterocycles. The maximum Gasteiger partial charge on any atom is 0.268 e. The van der Waals surface area contributed by atoms with Gasteiger partial charge < -0.3 is 10.1 Å². The minimum atomic E-state index is -0.473. The van der Waals surface area contributed by atoms with Crippen molar-refractivity contribution in [3.63, 3.8) is 0 Å². The van der Waals surface area contributed by atoms with E-state index in [1.807, 2.05) is 26.2 Å². The molecule has 0 aromatic heterocycles. The molecule has 0 spiro atoms. The molecule has 1 aromatic rings. The average molecular weight is 282 g/mol. The molecule has 1 amide bonds. The van der Waals surface area contributed by atoms with E-state index >= 15 is 0 Å². The van der Waals surface area contributed by atoms with Crippen molar-refractivity contribution in [2.75, 3.05) is 26.1 Å². The van der Waals surface area contributed by atoms with Crippen molar-refractivity contribution in [1.82, 2.24) is 10.2 Å². The summed E-state index contributed by atoms with van der Waals surface area (Å²) in [6, 6.07) is 7.24. The van der Waals surface area contributed by atoms with Gasteiger partial charge >= 0.3 is 0 Å². The fraction of sp³-hybridized carbons (Fsp3) is 0.308. The second-order valence-corrected chi connectivity index (χ2v) is 4.80. The summed E-state index contributed by atoms with van der Waals surface area (Å²) in [5.74, 6) is 0.658. The van der Waals surface area contributed by atoms with Crippen LogP contribution in [0.15, 0.2) is 35.6 Å². The second-order valence-electron chi connectivity index (χ2n) is 4.39. The smallest absolute Gasteiger partial charge is 0.268 e. The normalized spacial score (nSPS) is 19.2. The van der Waals surface area contributed by atoms with Crippen LogP contribution < -0.4 is 15.0 Å². The van der Waals surface area contributed by atoms with Crippen LogP contribution in [0.3, 0.4) is 0 Å². The second kappa shape index (κ2) is 5.50. The molecule has 1 aliphatic heterocycles. The number of likely N-dealkylation sites (N-methyl/N-ethyl adjacent to an activating group) is 1. The molecule has 6 heteroatoms. The van der Waals surface area contributed by atoms with Gasteiger partial charge in [0.1, 0.15) is 10.9 Å². The van der Waals surface area contributed by atoms with Gasteiger partial charge in [-0.2, -0.15) is 0 Å². The highest BCUT2D eigenvalue weighted by Gasteiger charge is 2.30. The van der Waals surface area contributed by atoms with Crippen LogP contribution in [0.4, 0.5) is 5.69 Å². The SMILES string of the molecule is COc1ccc(N2C=C(Cl)NC(N(C)C)C2=O)cc1. The third-order valence-corrected chi connectivity index (χ3v) is 3.06. The Hall–Kier alpha value is -1.72. The van der Waals surface area contributed by atoms with Crippen LogP contribution in [0.2, 0.25) is 0 Å². The average Bonchev–Trinajstić information content (AvgIpc) is 2.41. The number of carbonyl (C=O) groups excluding carboxylic acids is 1. The maximum absolute atomic E-state index is 12.4. The van der Waals surface area contributed by atoms with Crippen LogP contribution in [0.25, 0.3) is 0 Å². The van der Waals surface area contributed by atoms with Crippen molar-refractivity contribution in [1.29, 1.82) is 0 Å². The van der Waals surface area contributed by atoms with E-state index in [9.17, 15) is 4.79 Å². The standard InChI is InChI=1S/C13H16ClN3O2/c1-16(2)12-13(18)17(8-11(14)15-12)9-4-6-10(19-3)7-5-9/h4-8,12,15H,1-3H3. The third-order valence-electron chi connectivity index (χ3n) is 2.86. The molecule has 0 radical (unpaired) electrons. The molecule has 2 rings (SSSR count). The van der Waals surface area contributed by atoms with E-state index in [1.54, 1.807) is 30.3 Å². The molecule has 1 heterocycles. The van der Waals surface area contributed by atoms with Crippen molar-refractivity contribution < 1.29 is 9.53 Å². The Kier molecular flexibility index (Phi) is 3.97. The van der Waals surface area contributed by atoms with Gasteiger partial charge in [0.15, 0.2) is 6.17 Å². The number of hydrogen-bond donors (Lipinski definition) is 1. The lowest BCUT2D eigenvalue weighted by Gasteiger charge is -2.33. The number of hydrogen-bond acceptors (Lipinski definition) is 4. The number of benzene rings is 1. The zero-order valence-electron chi connectivity index (χ0n) is 11.1. The lowest BCUT2D eigenvalue weighted by molar-refractivity contribution is -0.123. The Labute approximate surface area is 117 Å². The van der Waals surface area contributed by atoms with Crippen molar-refractivity contribution in [3.05, 3.63) is 35.6 Å². The monoisotopic (exact) mass is 281 g/mol. The summed E-state index contributed by atoms with van der Waals surface area (Å²) in [7, 11) is 5.23. The van der Waals surface area contributed by atoms with Crippen LogP contribution in [-0.4, -0.2) is 38.2 Å². The molecule has 1 aromatic carbocycles. The van der Waals surface area contributed by atoms with Crippen molar-refractivity contribution in [3.8, 4) is 5.75 Å². The summed E-state index contributed by atoms with van der Waals surface area (Å²) in [5, 5.41) is 3.35. The highest BCUT2D eigenvalue weighted by atomic mass is 35.5. The number of amides is 1. The van der Waals surface area contributed by atoms with Gasteiger partial charge in [-0.25, -0.2) is 0 Å². The first-order valence-electron chi connectivity index (χ1n) is 5.80. The number of carbonyl (C=O) groups is 1. The van der Waals surface area contributed by atoms with Crippen LogP contribution >= 0.6 is 11.6 Å². The Balaban J connectivity index is 2.31. The molecule has 1 N–H and O–H groups in total. The summed E-state index contributed by atoms with van der Waals surface area (Å²) in [6.07, 6.45) is 1.10. The summed E-state index contributed by atoms with van der Waals surface area (Å²) < 4.78 is 5.10. The lowest BCUT2D eigenvalue weighted by Crippen LogP contribution is -2.55. The molecule has 0 saturated carbocycles. The van der Waals surface area contributed by atoms with E-state index in [0.29, 0.717) is 5.16 Å². The van der Waals surface area contributed by atoms with E-state index in [4.69, 9.17) is 16.3 Å². The minimum absolute atomic E-state index is 0.0837. The predicted octanol–water partition coefficient (Wildman–Crippen LogP) is 1.56. The maximum atomic E-state index is 12.4. The molecular formula is C13H16ClN3O2. The number of rotatable bonds is 3. The van der Waals surface area contributed by atoms with Gasteiger partial charge in [0, 0.05) is 11.9 Å². The number of ether oxygens (including phenoxy) is 1. The molecule has 19 heavy (non-hydrogen) atoms. The zero-order chi connectivity index (χ0) is 14.0. The van der Waals surface area contributed by atoms with E-state index in [-0.39, 0.29) is 5.91 Å². The largest absolute Gasteiger partial charge is 0.497 e. The summed E-state index contributed by atoms with van der Waals surface area (Å²) in [4.78, 5) is 15.7. The molecule has 0 fully saturated rings. The highest BCUT2D eigenvalue weighted by Crippen LogP contribution is 2.23. The molecule has 5 nitrogen and oxygen atoms in total. The van der Waals surface area contributed by atoms with Gasteiger partial charge in [0.25, 0.3) is 5.91 Å². The first-order chi connectivity index (χ1) is 9.02. The highest BCUT2D eigenvalue weighted by molar-refractivity contribution is 6.30. The number of methoxy groups -OCH3 is 1. The summed E-state index contributed by atoms with van der Waals surface area (Å²) in [6.45, 7) is 0. The van der Waals surface area contributed by atoms with E-state index in [1.165, 1.54) is 4.90 Å². The van der Waals surface area contributed by atoms with Crippen LogP contribution in [0.5, 0.6) is 5.75 Å². The van der Waals surface area contributed by atoms with Gasteiger partial charge in [-0.05, 0) is 38.4 Å². The fourth-order valence-corrected chi connectivity index (χ4v) is 2.03. The van der Waals surface area contributed by atoms with Gasteiger partial charge in [0.05, 0.1) is 7.11 Å². The van der Waals surface area contributed by atoms with E-state index in [0.717, 1.165) is 11.4 Å². The van der Waals surface area contributed by atoms with Crippen molar-refractivity contribution >= 4 is 23.2 Å². The number of anilines is 1. The molecular weight excluding hydrogens is 266 g/mol. The first-order valence-corrected chi connectivity index (χ1v) is 6.18. The Morgan fingerprint density at radius 1 is 1.32 bits per heavy atom. The van der Waals surface area contributed by atoms with E-state index < -0.39 is 6.17 Å². The molecule has 1 aliphatic rings. The number of nitrogens with one attached hydrogen (secondary N) is 1. The fourth-order valence-electron chi connectivity index (χ4n) is 1.83. The van der Waals surface area contributed by atoms with Gasteiger partial charge in [-0.3, -0.25) is 14.6 Å². The molecule has 0 bridgehead atoms. The third kappa shape index (κ3) is 2.83. The number of halogens is 1. The van der Waals surface area contributed by atoms with Gasteiger partial charge in [0.2, 0.25) is 0 Å². The number of nitrogens with zero attached hydrogens (tertiary/aromatic N) is 2. The predicted molar refractivity (Wildman–Crippen MR) is 75.0 cm³/mol. The van der Waals surface area contributed by atoms with Crippen LogP contribution in [0.1, 0.15) is 0 Å². The van der Waals surface area contributed by atoms with Crippen molar-refractivity contribution in [2.45, 2.75) is 6.17 Å². The molecule has 102 valence electrons. The summed E-state index contributed by atoms with van der Waals surface area (Å²) >= 11 is 6.03. The molecule has 1 atom stereocenters. The Morgan fingerprint density at radius 2 is 1.95 bits per heavy atom. The topological polar surface area (TPSA) is 44.8 Å². The molecule has 0 aliphatic carbocycles. The molecule has 1 unspecified atom stereocenters. The van der Waals surface area contributed by atoms with E-state index in [2.05, 4.69) is 5.32 Å². The lowest BCUT2D eigenvalue weighted by atomic mass is 10.2. The first kappa shape index (κ1) is 13.7. The Bertz CT molecular complexity index is 499. The van der Waals surface area contributed by atoms with Gasteiger partial charge in [-0.1, -0.05) is 11.6 Å². The van der Waals surface area contributed by atoms with Gasteiger partial charge in [-0.15, -0.1) is 0 Å². The quantitative estimate of drug-likeness (QED) is 0.854. The van der Waals surface area contributed by atoms with Crippen molar-refractivity contribution in [2.24, 2.45) is 0 Å². The Morgan fingerprint density at radius 3 is 2.47 bits per heavy atom. The zero-order valence-corrected chi connectivity index (χ0v) is 11.8. The summed E-state index contributed by atoms with van der Waals surface area (Å²) in [5.41, 5.74) is 0.748. The van der Waals surface area contributed by atoms with Crippen LogP contribution in [-0.2, 0) is 4.79 Å². The van der Waals surface area contributed by atoms with Crippen LogP contribution in [0, 0.1) is 0 Å². The minimum Gasteiger partial charge on any atom is -0.497 e.